The molecule has 0 spiro atoms. The lowest BCUT2D eigenvalue weighted by atomic mass is 10.3. The van der Waals surface area contributed by atoms with Gasteiger partial charge in [0.05, 0.1) is 16.5 Å². The molecule has 0 aliphatic carbocycles. The first-order chi connectivity index (χ1) is 10.1. The summed E-state index contributed by atoms with van der Waals surface area (Å²) in [5.41, 5.74) is 1.36. The minimum atomic E-state index is -1.10. The molecule has 0 aliphatic heterocycles. The van der Waals surface area contributed by atoms with Gasteiger partial charge in [-0.1, -0.05) is 18.2 Å². The number of nitrogens with zero attached hydrogens (tertiary/aromatic N) is 2. The lowest BCUT2D eigenvalue weighted by Crippen LogP contribution is -2.29. The summed E-state index contributed by atoms with van der Waals surface area (Å²) in [6.07, 6.45) is 0. The van der Waals surface area contributed by atoms with Crippen molar-refractivity contribution in [2.75, 3.05) is 12.3 Å². The zero-order chi connectivity index (χ0) is 15.2. The maximum Gasteiger partial charge on any atom is 0.269 e. The number of rotatable bonds is 6. The number of aromatic nitrogens is 2. The molecule has 1 heterocycles. The van der Waals surface area contributed by atoms with Crippen molar-refractivity contribution in [3.05, 3.63) is 47.8 Å². The molecule has 2 rings (SSSR count). The van der Waals surface area contributed by atoms with Gasteiger partial charge in [0.25, 0.3) is 5.91 Å². The second kappa shape index (κ2) is 7.17. The van der Waals surface area contributed by atoms with Gasteiger partial charge >= 0.3 is 0 Å². The van der Waals surface area contributed by atoms with Crippen LogP contribution in [0.2, 0.25) is 0 Å². The Morgan fingerprint density at radius 2 is 2.05 bits per heavy atom. The van der Waals surface area contributed by atoms with E-state index in [0.717, 1.165) is 10.6 Å². The highest BCUT2D eigenvalue weighted by Crippen LogP contribution is 2.06. The Kier molecular flexibility index (Phi) is 5.27. The van der Waals surface area contributed by atoms with Crippen LogP contribution in [0.1, 0.15) is 23.1 Å². The smallest absolute Gasteiger partial charge is 0.269 e. The molecule has 2 aromatic rings. The number of hydrogen-bond acceptors (Lipinski definition) is 3. The largest absolute Gasteiger partial charge is 0.350 e. The van der Waals surface area contributed by atoms with E-state index in [9.17, 15) is 9.00 Å². The van der Waals surface area contributed by atoms with E-state index in [1.807, 2.05) is 44.2 Å². The van der Waals surface area contributed by atoms with Crippen molar-refractivity contribution in [2.45, 2.75) is 25.3 Å². The molecular weight excluding hydrogens is 286 g/mol. The van der Waals surface area contributed by atoms with Crippen LogP contribution in [0, 0.1) is 6.92 Å². The third kappa shape index (κ3) is 4.01. The molecule has 0 saturated heterocycles. The zero-order valence-electron chi connectivity index (χ0n) is 12.2. The van der Waals surface area contributed by atoms with Gasteiger partial charge in [0.2, 0.25) is 0 Å². The molecule has 1 aromatic heterocycles. The third-order valence-corrected chi connectivity index (χ3v) is 4.39. The minimum Gasteiger partial charge on any atom is -0.350 e. The fourth-order valence-electron chi connectivity index (χ4n) is 2.01. The summed E-state index contributed by atoms with van der Waals surface area (Å²) in [7, 11) is -1.10. The maximum atomic E-state index is 12.1. The van der Waals surface area contributed by atoms with Gasteiger partial charge in [-0.15, -0.1) is 0 Å². The van der Waals surface area contributed by atoms with Crippen molar-refractivity contribution >= 4 is 16.7 Å². The molecule has 6 heteroatoms. The molecule has 112 valence electrons. The van der Waals surface area contributed by atoms with Crippen LogP contribution >= 0.6 is 0 Å². The van der Waals surface area contributed by atoms with Crippen LogP contribution in [0.15, 0.2) is 41.3 Å². The number of aryl methyl sites for hydroxylation is 2. The third-order valence-electron chi connectivity index (χ3n) is 3.01. The molecular formula is C15H19N3O2S. The second-order valence-electron chi connectivity index (χ2n) is 4.61. The van der Waals surface area contributed by atoms with Crippen molar-refractivity contribution < 1.29 is 9.00 Å². The molecule has 0 aliphatic rings. The highest BCUT2D eigenvalue weighted by Gasteiger charge is 2.13. The van der Waals surface area contributed by atoms with Crippen molar-refractivity contribution in [3.63, 3.8) is 0 Å². The summed E-state index contributed by atoms with van der Waals surface area (Å²) >= 11 is 0. The molecule has 0 unspecified atom stereocenters. The fourth-order valence-corrected chi connectivity index (χ4v) is 2.99. The van der Waals surface area contributed by atoms with E-state index < -0.39 is 10.8 Å². The SMILES string of the molecule is CCn1nc(C)cc1C(=O)NCC[S@](=O)c1ccccc1. The zero-order valence-corrected chi connectivity index (χ0v) is 13.0. The number of amides is 1. The van der Waals surface area contributed by atoms with Gasteiger partial charge in [0, 0.05) is 23.7 Å². The lowest BCUT2D eigenvalue weighted by molar-refractivity contribution is 0.0945. The first kappa shape index (κ1) is 15.4. The molecule has 0 saturated carbocycles. The summed E-state index contributed by atoms with van der Waals surface area (Å²) in [6, 6.07) is 11.0. The van der Waals surface area contributed by atoms with Gasteiger partial charge in [-0.25, -0.2) is 0 Å². The summed E-state index contributed by atoms with van der Waals surface area (Å²) in [4.78, 5) is 12.9. The quantitative estimate of drug-likeness (QED) is 0.884. The highest BCUT2D eigenvalue weighted by molar-refractivity contribution is 7.85. The molecule has 1 atom stereocenters. The van der Waals surface area contributed by atoms with Gasteiger partial charge < -0.3 is 5.32 Å². The van der Waals surface area contributed by atoms with Crippen LogP contribution in [0.4, 0.5) is 0 Å². The number of hydrogen-bond donors (Lipinski definition) is 1. The molecule has 5 nitrogen and oxygen atoms in total. The first-order valence-electron chi connectivity index (χ1n) is 6.88. The standard InChI is InChI=1S/C15H19N3O2S/c1-3-18-14(11-12(2)17-18)15(19)16-9-10-21(20)13-7-5-4-6-8-13/h4-8,11H,3,9-10H2,1-2H3,(H,16,19)/t21-/m0/s1. The molecule has 0 radical (unpaired) electrons. The average molecular weight is 305 g/mol. The lowest BCUT2D eigenvalue weighted by Gasteiger charge is -2.06. The monoisotopic (exact) mass is 305 g/mol. The topological polar surface area (TPSA) is 64.0 Å². The van der Waals surface area contributed by atoms with E-state index >= 15 is 0 Å². The summed E-state index contributed by atoms with van der Waals surface area (Å²) in [5, 5.41) is 7.03. The fraction of sp³-hybridized carbons (Fsp3) is 0.333. The van der Waals surface area contributed by atoms with Gasteiger partial charge in [0.15, 0.2) is 0 Å². The summed E-state index contributed by atoms with van der Waals surface area (Å²) in [6.45, 7) is 4.81. The normalized spacial score (nSPS) is 12.1. The van der Waals surface area contributed by atoms with Crippen molar-refractivity contribution in [1.29, 1.82) is 0 Å². The van der Waals surface area contributed by atoms with Crippen LogP contribution in [-0.4, -0.2) is 32.2 Å². The van der Waals surface area contributed by atoms with E-state index in [1.54, 1.807) is 10.7 Å². The van der Waals surface area contributed by atoms with E-state index in [4.69, 9.17) is 0 Å². The van der Waals surface area contributed by atoms with E-state index in [2.05, 4.69) is 10.4 Å². The van der Waals surface area contributed by atoms with E-state index in [0.29, 0.717) is 24.5 Å². The van der Waals surface area contributed by atoms with Crippen molar-refractivity contribution in [1.82, 2.24) is 15.1 Å². The van der Waals surface area contributed by atoms with Crippen LogP contribution in [0.5, 0.6) is 0 Å². The van der Waals surface area contributed by atoms with E-state index in [1.165, 1.54) is 0 Å². The van der Waals surface area contributed by atoms with E-state index in [-0.39, 0.29) is 5.91 Å². The number of benzene rings is 1. The molecule has 1 amide bonds. The summed E-state index contributed by atoms with van der Waals surface area (Å²) < 4.78 is 13.7. The number of carbonyl (C=O) groups is 1. The second-order valence-corrected chi connectivity index (χ2v) is 6.18. The molecule has 0 bridgehead atoms. The van der Waals surface area contributed by atoms with Crippen molar-refractivity contribution in [2.24, 2.45) is 0 Å². The average Bonchev–Trinajstić information content (AvgIpc) is 2.89. The van der Waals surface area contributed by atoms with Crippen LogP contribution in [0.25, 0.3) is 0 Å². The Hall–Kier alpha value is -1.95. The summed E-state index contributed by atoms with van der Waals surface area (Å²) in [5.74, 6) is 0.220. The number of nitrogens with one attached hydrogen (secondary N) is 1. The minimum absolute atomic E-state index is 0.178. The maximum absolute atomic E-state index is 12.1. The molecule has 21 heavy (non-hydrogen) atoms. The Morgan fingerprint density at radius 3 is 2.71 bits per heavy atom. The highest BCUT2D eigenvalue weighted by atomic mass is 32.2. The molecule has 1 aromatic carbocycles. The Balaban J connectivity index is 1.88. The van der Waals surface area contributed by atoms with Gasteiger partial charge in [-0.3, -0.25) is 13.7 Å². The Morgan fingerprint density at radius 1 is 1.33 bits per heavy atom. The van der Waals surface area contributed by atoms with Crippen LogP contribution in [0.3, 0.4) is 0 Å². The van der Waals surface area contributed by atoms with Gasteiger partial charge in [-0.2, -0.15) is 5.10 Å². The Bertz CT molecular complexity index is 638. The van der Waals surface area contributed by atoms with Crippen molar-refractivity contribution in [3.8, 4) is 0 Å². The predicted octanol–water partition coefficient (Wildman–Crippen LogP) is 1.75. The van der Waals surface area contributed by atoms with Gasteiger partial charge in [0.1, 0.15) is 5.69 Å². The Labute approximate surface area is 126 Å². The van der Waals surface area contributed by atoms with Gasteiger partial charge in [-0.05, 0) is 32.0 Å². The molecule has 1 N–H and O–H groups in total. The van der Waals surface area contributed by atoms with Crippen LogP contribution < -0.4 is 5.32 Å². The molecule has 0 fully saturated rings. The van der Waals surface area contributed by atoms with Crippen LogP contribution in [-0.2, 0) is 17.3 Å². The first-order valence-corrected chi connectivity index (χ1v) is 8.19. The predicted molar refractivity (Wildman–Crippen MR) is 82.7 cm³/mol. The number of carbonyl (C=O) groups excluding carboxylic acids is 1.